The highest BCUT2D eigenvalue weighted by atomic mass is 35.5. The standard InChI is InChI=1S/C14H20ClNS/c1-14(8-3-9-17-14)13(16-2)10-11-4-6-12(15)7-5-11/h4-7,13,16H,3,8-10H2,1-2H3. The molecule has 0 saturated carbocycles. The molecule has 1 aromatic carbocycles. The number of halogens is 1. The monoisotopic (exact) mass is 269 g/mol. The largest absolute Gasteiger partial charge is 0.315 e. The van der Waals surface area contributed by atoms with Gasteiger partial charge in [0, 0.05) is 15.8 Å². The zero-order chi connectivity index (χ0) is 12.3. The molecule has 2 atom stereocenters. The molecule has 1 fully saturated rings. The van der Waals surface area contributed by atoms with Crippen molar-refractivity contribution in [1.29, 1.82) is 0 Å². The molecular formula is C14H20ClNS. The van der Waals surface area contributed by atoms with Crippen LogP contribution in [0.1, 0.15) is 25.3 Å². The number of hydrogen-bond acceptors (Lipinski definition) is 2. The van der Waals surface area contributed by atoms with E-state index < -0.39 is 0 Å². The van der Waals surface area contributed by atoms with Crippen molar-refractivity contribution in [3.05, 3.63) is 34.9 Å². The lowest BCUT2D eigenvalue weighted by atomic mass is 9.91. The molecule has 1 saturated heterocycles. The highest BCUT2D eigenvalue weighted by Crippen LogP contribution is 2.41. The van der Waals surface area contributed by atoms with Crippen LogP contribution < -0.4 is 5.32 Å². The number of rotatable bonds is 4. The molecule has 1 N–H and O–H groups in total. The summed E-state index contributed by atoms with van der Waals surface area (Å²) in [6, 6.07) is 8.77. The van der Waals surface area contributed by atoms with E-state index in [2.05, 4.69) is 43.2 Å². The maximum absolute atomic E-state index is 5.92. The van der Waals surface area contributed by atoms with Crippen molar-refractivity contribution in [2.45, 2.75) is 37.0 Å². The minimum absolute atomic E-state index is 0.383. The molecule has 17 heavy (non-hydrogen) atoms. The fraction of sp³-hybridized carbons (Fsp3) is 0.571. The Balaban J connectivity index is 2.06. The normalized spacial score (nSPS) is 26.1. The summed E-state index contributed by atoms with van der Waals surface area (Å²) in [6.07, 6.45) is 3.74. The lowest BCUT2D eigenvalue weighted by molar-refractivity contribution is 0.424. The van der Waals surface area contributed by atoms with Gasteiger partial charge < -0.3 is 5.32 Å². The van der Waals surface area contributed by atoms with E-state index in [1.54, 1.807) is 0 Å². The van der Waals surface area contributed by atoms with E-state index in [-0.39, 0.29) is 0 Å². The van der Waals surface area contributed by atoms with Gasteiger partial charge in [0.15, 0.2) is 0 Å². The molecule has 1 aliphatic heterocycles. The van der Waals surface area contributed by atoms with Crippen molar-refractivity contribution < 1.29 is 0 Å². The summed E-state index contributed by atoms with van der Waals surface area (Å²) in [5, 5.41) is 4.31. The average Bonchev–Trinajstić information content (AvgIpc) is 2.76. The molecule has 0 aliphatic carbocycles. The van der Waals surface area contributed by atoms with Crippen molar-refractivity contribution in [1.82, 2.24) is 5.32 Å². The molecule has 3 heteroatoms. The Kier molecular flexibility index (Phi) is 4.40. The van der Waals surface area contributed by atoms with Gasteiger partial charge in [0.05, 0.1) is 0 Å². The Labute approximate surface area is 113 Å². The summed E-state index contributed by atoms with van der Waals surface area (Å²) < 4.78 is 0.383. The van der Waals surface area contributed by atoms with Crippen LogP contribution in [0, 0.1) is 0 Å². The van der Waals surface area contributed by atoms with Gasteiger partial charge in [-0.2, -0.15) is 11.8 Å². The summed E-state index contributed by atoms with van der Waals surface area (Å²) in [5.41, 5.74) is 1.36. The van der Waals surface area contributed by atoms with Gasteiger partial charge >= 0.3 is 0 Å². The molecule has 0 spiro atoms. The lowest BCUT2D eigenvalue weighted by Gasteiger charge is -2.33. The SMILES string of the molecule is CNC(Cc1ccc(Cl)cc1)C1(C)CCCS1. The predicted octanol–water partition coefficient (Wildman–Crippen LogP) is 3.76. The molecule has 94 valence electrons. The van der Waals surface area contributed by atoms with E-state index in [9.17, 15) is 0 Å². The zero-order valence-corrected chi connectivity index (χ0v) is 12.1. The first kappa shape index (κ1) is 13.3. The van der Waals surface area contributed by atoms with Crippen LogP contribution in [0.5, 0.6) is 0 Å². The molecule has 0 amide bonds. The van der Waals surface area contributed by atoms with Crippen molar-refractivity contribution in [3.8, 4) is 0 Å². The van der Waals surface area contributed by atoms with Crippen LogP contribution in [-0.2, 0) is 6.42 Å². The van der Waals surface area contributed by atoms with Crippen LogP contribution >= 0.6 is 23.4 Å². The van der Waals surface area contributed by atoms with Crippen molar-refractivity contribution in [3.63, 3.8) is 0 Å². The summed E-state index contributed by atoms with van der Waals surface area (Å²) in [5.74, 6) is 1.30. The topological polar surface area (TPSA) is 12.0 Å². The van der Waals surface area contributed by atoms with E-state index in [1.807, 2.05) is 12.1 Å². The van der Waals surface area contributed by atoms with E-state index >= 15 is 0 Å². The number of thioether (sulfide) groups is 1. The Bertz CT molecular complexity index is 357. The van der Waals surface area contributed by atoms with Gasteiger partial charge in [-0.15, -0.1) is 0 Å². The molecule has 1 nitrogen and oxygen atoms in total. The van der Waals surface area contributed by atoms with Gasteiger partial charge in [0.1, 0.15) is 0 Å². The van der Waals surface area contributed by atoms with Crippen molar-refractivity contribution >= 4 is 23.4 Å². The molecule has 0 bridgehead atoms. The van der Waals surface area contributed by atoms with Crippen LogP contribution in [0.2, 0.25) is 5.02 Å². The first-order valence-electron chi connectivity index (χ1n) is 6.20. The molecule has 2 unspecified atom stereocenters. The summed E-state index contributed by atoms with van der Waals surface area (Å²) in [4.78, 5) is 0. The van der Waals surface area contributed by atoms with E-state index in [0.29, 0.717) is 10.8 Å². The van der Waals surface area contributed by atoms with E-state index in [0.717, 1.165) is 11.4 Å². The maximum atomic E-state index is 5.92. The highest BCUT2D eigenvalue weighted by molar-refractivity contribution is 8.00. The second-order valence-electron chi connectivity index (χ2n) is 4.94. The second-order valence-corrected chi connectivity index (χ2v) is 7.00. The van der Waals surface area contributed by atoms with Crippen LogP contribution in [0.15, 0.2) is 24.3 Å². The number of hydrogen-bond donors (Lipinski definition) is 1. The first-order chi connectivity index (χ1) is 8.14. The highest BCUT2D eigenvalue weighted by Gasteiger charge is 2.36. The van der Waals surface area contributed by atoms with Gasteiger partial charge in [0.25, 0.3) is 0 Å². The molecular weight excluding hydrogens is 250 g/mol. The Morgan fingerprint density at radius 2 is 2.12 bits per heavy atom. The average molecular weight is 270 g/mol. The Hall–Kier alpha value is -0.180. The van der Waals surface area contributed by atoms with Crippen LogP contribution in [-0.4, -0.2) is 23.6 Å². The molecule has 2 rings (SSSR count). The zero-order valence-electron chi connectivity index (χ0n) is 10.5. The van der Waals surface area contributed by atoms with Crippen LogP contribution in [0.4, 0.5) is 0 Å². The van der Waals surface area contributed by atoms with Gasteiger partial charge in [-0.25, -0.2) is 0 Å². The van der Waals surface area contributed by atoms with E-state index in [4.69, 9.17) is 11.6 Å². The third-order valence-electron chi connectivity index (χ3n) is 3.69. The quantitative estimate of drug-likeness (QED) is 0.893. The third kappa shape index (κ3) is 3.18. The van der Waals surface area contributed by atoms with Crippen molar-refractivity contribution in [2.24, 2.45) is 0 Å². The van der Waals surface area contributed by atoms with E-state index in [1.165, 1.54) is 24.2 Å². The Morgan fingerprint density at radius 1 is 1.41 bits per heavy atom. The van der Waals surface area contributed by atoms with Crippen molar-refractivity contribution in [2.75, 3.05) is 12.8 Å². The Morgan fingerprint density at radius 3 is 2.65 bits per heavy atom. The smallest absolute Gasteiger partial charge is 0.0406 e. The van der Waals surface area contributed by atoms with Gasteiger partial charge in [-0.1, -0.05) is 23.7 Å². The molecule has 1 heterocycles. The fourth-order valence-electron chi connectivity index (χ4n) is 2.55. The summed E-state index contributed by atoms with van der Waals surface area (Å²) in [6.45, 7) is 2.39. The second kappa shape index (κ2) is 5.64. The fourth-order valence-corrected chi connectivity index (χ4v) is 4.13. The molecule has 1 aromatic rings. The number of nitrogens with one attached hydrogen (secondary N) is 1. The molecule has 1 aliphatic rings. The van der Waals surface area contributed by atoms with Gasteiger partial charge in [-0.05, 0) is 56.7 Å². The number of likely N-dealkylation sites (N-methyl/N-ethyl adjacent to an activating group) is 1. The summed E-state index contributed by atoms with van der Waals surface area (Å²) in [7, 11) is 2.07. The molecule has 0 radical (unpaired) electrons. The number of benzene rings is 1. The lowest BCUT2D eigenvalue weighted by Crippen LogP contribution is -2.45. The summed E-state index contributed by atoms with van der Waals surface area (Å²) >= 11 is 8.03. The van der Waals surface area contributed by atoms with Gasteiger partial charge in [0.2, 0.25) is 0 Å². The first-order valence-corrected chi connectivity index (χ1v) is 7.56. The minimum Gasteiger partial charge on any atom is -0.315 e. The van der Waals surface area contributed by atoms with Gasteiger partial charge in [-0.3, -0.25) is 0 Å². The molecule has 0 aromatic heterocycles. The van der Waals surface area contributed by atoms with Crippen LogP contribution in [0.25, 0.3) is 0 Å². The minimum atomic E-state index is 0.383. The third-order valence-corrected chi connectivity index (χ3v) is 5.58. The van der Waals surface area contributed by atoms with Crippen LogP contribution in [0.3, 0.4) is 0 Å². The maximum Gasteiger partial charge on any atom is 0.0406 e. The predicted molar refractivity (Wildman–Crippen MR) is 78.1 cm³/mol.